The van der Waals surface area contributed by atoms with Gasteiger partial charge in [-0.15, -0.1) is 0 Å². The van der Waals surface area contributed by atoms with Crippen molar-refractivity contribution in [2.45, 2.75) is 30.9 Å². The molecule has 15 heavy (non-hydrogen) atoms. The summed E-state index contributed by atoms with van der Waals surface area (Å²) >= 11 is 0. The number of likely N-dealkylation sites (tertiary alicyclic amines) is 1. The maximum atomic E-state index is 10.6. The van der Waals surface area contributed by atoms with E-state index in [1.54, 1.807) is 0 Å². The summed E-state index contributed by atoms with van der Waals surface area (Å²) in [5.41, 5.74) is 0.484. The van der Waals surface area contributed by atoms with Crippen molar-refractivity contribution >= 4 is 0 Å². The van der Waals surface area contributed by atoms with Crippen molar-refractivity contribution < 1.29 is 5.11 Å². The number of rotatable bonds is 2. The minimum atomic E-state index is -0.593. The molecular formula is C13H17NO. The molecule has 2 aliphatic rings. The molecule has 80 valence electrons. The number of hydrogen-bond donors (Lipinski definition) is 1. The molecule has 1 heterocycles. The SMILES string of the molecule is OC1(c2ccccc2)CCN(C2CC2)C1. The molecule has 0 spiro atoms. The molecule has 1 unspecified atom stereocenters. The summed E-state index contributed by atoms with van der Waals surface area (Å²) in [4.78, 5) is 2.44. The number of β-amino-alcohol motifs (C(OH)–C–C–N with tert-alkyl or cyclic N) is 1. The van der Waals surface area contributed by atoms with E-state index in [4.69, 9.17) is 0 Å². The molecule has 0 aromatic heterocycles. The molecule has 3 rings (SSSR count). The van der Waals surface area contributed by atoms with E-state index in [9.17, 15) is 5.11 Å². The first-order chi connectivity index (χ1) is 7.28. The molecule has 1 aliphatic heterocycles. The minimum Gasteiger partial charge on any atom is -0.384 e. The van der Waals surface area contributed by atoms with Crippen LogP contribution in [0.5, 0.6) is 0 Å². The third-order valence-corrected chi connectivity index (χ3v) is 3.65. The Bertz CT molecular complexity index is 347. The van der Waals surface area contributed by atoms with Gasteiger partial charge in [0.2, 0.25) is 0 Å². The van der Waals surface area contributed by atoms with Crippen LogP contribution < -0.4 is 0 Å². The summed E-state index contributed by atoms with van der Waals surface area (Å²) in [7, 11) is 0. The fourth-order valence-corrected chi connectivity index (χ4v) is 2.56. The van der Waals surface area contributed by atoms with E-state index < -0.39 is 5.60 Å². The first kappa shape index (κ1) is 9.37. The molecule has 1 saturated heterocycles. The predicted molar refractivity (Wildman–Crippen MR) is 59.6 cm³/mol. The number of benzene rings is 1. The van der Waals surface area contributed by atoms with Crippen molar-refractivity contribution in [2.24, 2.45) is 0 Å². The van der Waals surface area contributed by atoms with E-state index in [1.807, 2.05) is 30.3 Å². The molecule has 0 bridgehead atoms. The van der Waals surface area contributed by atoms with Gasteiger partial charge in [-0.1, -0.05) is 30.3 Å². The Morgan fingerprint density at radius 3 is 2.60 bits per heavy atom. The third-order valence-electron chi connectivity index (χ3n) is 3.65. The van der Waals surface area contributed by atoms with E-state index in [-0.39, 0.29) is 0 Å². The van der Waals surface area contributed by atoms with Crippen LogP contribution in [0.15, 0.2) is 30.3 Å². The van der Waals surface area contributed by atoms with E-state index >= 15 is 0 Å². The van der Waals surface area contributed by atoms with Crippen molar-refractivity contribution in [3.8, 4) is 0 Å². The molecule has 1 saturated carbocycles. The summed E-state index contributed by atoms with van der Waals surface area (Å²) in [6.07, 6.45) is 3.53. The van der Waals surface area contributed by atoms with Crippen LogP contribution in [0, 0.1) is 0 Å². The average Bonchev–Trinajstić information content (AvgIpc) is 3.04. The molecule has 1 N–H and O–H groups in total. The molecule has 2 heteroatoms. The molecule has 0 radical (unpaired) electrons. The van der Waals surface area contributed by atoms with Gasteiger partial charge in [0.05, 0.1) is 0 Å². The van der Waals surface area contributed by atoms with Gasteiger partial charge in [-0.05, 0) is 24.8 Å². The quantitative estimate of drug-likeness (QED) is 0.791. The highest BCUT2D eigenvalue weighted by molar-refractivity contribution is 5.24. The molecule has 2 fully saturated rings. The Labute approximate surface area is 90.5 Å². The second-order valence-corrected chi connectivity index (χ2v) is 4.85. The summed E-state index contributed by atoms with van der Waals surface area (Å²) in [5, 5.41) is 10.6. The Hall–Kier alpha value is -0.860. The van der Waals surface area contributed by atoms with Crippen LogP contribution in [-0.2, 0) is 5.60 Å². The summed E-state index contributed by atoms with van der Waals surface area (Å²) in [5.74, 6) is 0. The van der Waals surface area contributed by atoms with Crippen LogP contribution >= 0.6 is 0 Å². The largest absolute Gasteiger partial charge is 0.384 e. The summed E-state index contributed by atoms with van der Waals surface area (Å²) < 4.78 is 0. The van der Waals surface area contributed by atoms with E-state index in [2.05, 4.69) is 4.90 Å². The van der Waals surface area contributed by atoms with Crippen molar-refractivity contribution in [1.82, 2.24) is 4.90 Å². The van der Waals surface area contributed by atoms with E-state index in [1.165, 1.54) is 12.8 Å². The summed E-state index contributed by atoms with van der Waals surface area (Å²) in [6.45, 7) is 1.87. The first-order valence-electron chi connectivity index (χ1n) is 5.80. The Morgan fingerprint density at radius 1 is 1.20 bits per heavy atom. The lowest BCUT2D eigenvalue weighted by atomic mass is 9.93. The molecule has 1 aromatic carbocycles. The molecule has 1 atom stereocenters. The zero-order chi connectivity index (χ0) is 10.3. The highest BCUT2D eigenvalue weighted by Crippen LogP contribution is 2.37. The lowest BCUT2D eigenvalue weighted by Gasteiger charge is -2.23. The van der Waals surface area contributed by atoms with Crippen molar-refractivity contribution in [3.63, 3.8) is 0 Å². The highest BCUT2D eigenvalue weighted by atomic mass is 16.3. The zero-order valence-corrected chi connectivity index (χ0v) is 8.89. The number of nitrogens with zero attached hydrogens (tertiary/aromatic N) is 1. The molecule has 1 aromatic rings. The van der Waals surface area contributed by atoms with Crippen molar-refractivity contribution in [2.75, 3.05) is 13.1 Å². The third kappa shape index (κ3) is 1.68. The summed E-state index contributed by atoms with van der Waals surface area (Å²) in [6, 6.07) is 10.9. The van der Waals surface area contributed by atoms with Gasteiger partial charge in [0.1, 0.15) is 5.60 Å². The van der Waals surface area contributed by atoms with Crippen LogP contribution in [0.3, 0.4) is 0 Å². The first-order valence-corrected chi connectivity index (χ1v) is 5.80. The smallest absolute Gasteiger partial charge is 0.103 e. The van der Waals surface area contributed by atoms with Gasteiger partial charge in [0.25, 0.3) is 0 Å². The van der Waals surface area contributed by atoms with Crippen molar-refractivity contribution in [1.29, 1.82) is 0 Å². The maximum absolute atomic E-state index is 10.6. The fourth-order valence-electron chi connectivity index (χ4n) is 2.56. The van der Waals surface area contributed by atoms with Crippen LogP contribution in [-0.4, -0.2) is 29.1 Å². The van der Waals surface area contributed by atoms with Gasteiger partial charge < -0.3 is 5.11 Å². The average molecular weight is 203 g/mol. The maximum Gasteiger partial charge on any atom is 0.103 e. The van der Waals surface area contributed by atoms with Crippen LogP contribution in [0.25, 0.3) is 0 Å². The Kier molecular flexibility index (Phi) is 2.08. The second kappa shape index (κ2) is 3.32. The normalized spacial score (nSPS) is 32.1. The fraction of sp³-hybridized carbons (Fsp3) is 0.538. The lowest BCUT2D eigenvalue weighted by molar-refractivity contribution is 0.0452. The zero-order valence-electron chi connectivity index (χ0n) is 8.89. The monoisotopic (exact) mass is 203 g/mol. The highest BCUT2D eigenvalue weighted by Gasteiger charge is 2.42. The van der Waals surface area contributed by atoms with E-state index in [0.29, 0.717) is 0 Å². The number of hydrogen-bond acceptors (Lipinski definition) is 2. The molecular weight excluding hydrogens is 186 g/mol. The lowest BCUT2D eigenvalue weighted by Crippen LogP contribution is -2.31. The Morgan fingerprint density at radius 2 is 1.93 bits per heavy atom. The predicted octanol–water partition coefficient (Wildman–Crippen LogP) is 1.74. The minimum absolute atomic E-state index is 0.593. The van der Waals surface area contributed by atoms with Crippen LogP contribution in [0.2, 0.25) is 0 Å². The van der Waals surface area contributed by atoms with E-state index in [0.717, 1.165) is 31.1 Å². The van der Waals surface area contributed by atoms with Gasteiger partial charge in [0.15, 0.2) is 0 Å². The van der Waals surface area contributed by atoms with Gasteiger partial charge in [-0.2, -0.15) is 0 Å². The number of aliphatic hydroxyl groups is 1. The second-order valence-electron chi connectivity index (χ2n) is 4.85. The van der Waals surface area contributed by atoms with Crippen molar-refractivity contribution in [3.05, 3.63) is 35.9 Å². The van der Waals surface area contributed by atoms with Gasteiger partial charge in [-0.3, -0.25) is 4.90 Å². The molecule has 2 nitrogen and oxygen atoms in total. The van der Waals surface area contributed by atoms with Gasteiger partial charge in [0, 0.05) is 19.1 Å². The van der Waals surface area contributed by atoms with Gasteiger partial charge in [-0.25, -0.2) is 0 Å². The Balaban J connectivity index is 1.80. The topological polar surface area (TPSA) is 23.5 Å². The standard InChI is InChI=1S/C13H17NO/c15-13(11-4-2-1-3-5-11)8-9-14(10-13)12-6-7-12/h1-5,12,15H,6-10H2. The van der Waals surface area contributed by atoms with Crippen LogP contribution in [0.1, 0.15) is 24.8 Å². The molecule has 1 aliphatic carbocycles. The van der Waals surface area contributed by atoms with Gasteiger partial charge >= 0.3 is 0 Å². The molecule has 0 amide bonds. The van der Waals surface area contributed by atoms with Crippen LogP contribution in [0.4, 0.5) is 0 Å².